The monoisotopic (exact) mass is 361 g/mol. The van der Waals surface area contributed by atoms with Crippen molar-refractivity contribution in [3.8, 4) is 0 Å². The summed E-state index contributed by atoms with van der Waals surface area (Å²) < 4.78 is 0. The average Bonchev–Trinajstić information content (AvgIpc) is 3.11. The number of aromatic amines is 1. The van der Waals surface area contributed by atoms with Crippen LogP contribution in [0.2, 0.25) is 5.02 Å². The first-order valence-electron chi connectivity index (χ1n) is 8.56. The number of benzene rings is 1. The van der Waals surface area contributed by atoms with Gasteiger partial charge in [0.1, 0.15) is 17.8 Å². The van der Waals surface area contributed by atoms with E-state index in [9.17, 15) is 0 Å². The maximum absolute atomic E-state index is 6.09. The highest BCUT2D eigenvalue weighted by molar-refractivity contribution is 6.31. The number of fused-ring (bicyclic) bond motifs is 2. The number of pyridine rings is 1. The Morgan fingerprint density at radius 2 is 2.04 bits per heavy atom. The van der Waals surface area contributed by atoms with Crippen molar-refractivity contribution in [3.05, 3.63) is 65.7 Å². The lowest BCUT2D eigenvalue weighted by atomic mass is 9.99. The number of aromatic nitrogens is 4. The Morgan fingerprint density at radius 1 is 1.08 bits per heavy atom. The van der Waals surface area contributed by atoms with Crippen LogP contribution in [0, 0.1) is 0 Å². The summed E-state index contributed by atoms with van der Waals surface area (Å²) in [5.41, 5.74) is 4.40. The molecule has 5 nitrogen and oxygen atoms in total. The highest BCUT2D eigenvalue weighted by Gasteiger charge is 2.18. The lowest BCUT2D eigenvalue weighted by Gasteiger charge is -2.28. The fourth-order valence-electron chi connectivity index (χ4n) is 3.60. The van der Waals surface area contributed by atoms with Gasteiger partial charge >= 0.3 is 0 Å². The molecule has 1 aromatic carbocycles. The molecule has 128 valence electrons. The molecule has 4 aromatic rings. The van der Waals surface area contributed by atoms with E-state index in [2.05, 4.69) is 43.2 Å². The molecule has 0 unspecified atom stereocenters. The zero-order chi connectivity index (χ0) is 17.5. The average molecular weight is 362 g/mol. The summed E-state index contributed by atoms with van der Waals surface area (Å²) in [4.78, 5) is 18.8. The van der Waals surface area contributed by atoms with Crippen molar-refractivity contribution in [1.29, 1.82) is 0 Å². The highest BCUT2D eigenvalue weighted by atomic mass is 35.5. The lowest BCUT2D eigenvalue weighted by Crippen LogP contribution is -2.29. The predicted molar refractivity (Wildman–Crippen MR) is 105 cm³/mol. The van der Waals surface area contributed by atoms with E-state index in [1.807, 2.05) is 30.5 Å². The van der Waals surface area contributed by atoms with Gasteiger partial charge < -0.3 is 9.88 Å². The molecule has 1 aliphatic heterocycles. The van der Waals surface area contributed by atoms with Crippen LogP contribution in [-0.4, -0.2) is 33.0 Å². The molecule has 0 fully saturated rings. The maximum atomic E-state index is 6.09. The van der Waals surface area contributed by atoms with E-state index in [1.165, 1.54) is 16.5 Å². The smallest absolute Gasteiger partial charge is 0.140 e. The number of rotatable bonds is 2. The van der Waals surface area contributed by atoms with Crippen LogP contribution in [0.25, 0.3) is 27.5 Å². The summed E-state index contributed by atoms with van der Waals surface area (Å²) in [5.74, 6) is 0.961. The second kappa shape index (κ2) is 6.11. The molecule has 1 aliphatic rings. The van der Waals surface area contributed by atoms with Crippen molar-refractivity contribution < 1.29 is 0 Å². The Labute approximate surface area is 155 Å². The van der Waals surface area contributed by atoms with Crippen LogP contribution in [0.5, 0.6) is 0 Å². The molecule has 0 aliphatic carbocycles. The van der Waals surface area contributed by atoms with Crippen molar-refractivity contribution in [2.75, 3.05) is 18.0 Å². The Bertz CT molecular complexity index is 1150. The van der Waals surface area contributed by atoms with Gasteiger partial charge in [0.15, 0.2) is 0 Å². The van der Waals surface area contributed by atoms with Gasteiger partial charge in [-0.2, -0.15) is 0 Å². The molecule has 0 saturated heterocycles. The summed E-state index contributed by atoms with van der Waals surface area (Å²) in [6.45, 7) is 1.73. The minimum atomic E-state index is 0.691. The van der Waals surface area contributed by atoms with Gasteiger partial charge in [-0.3, -0.25) is 0 Å². The van der Waals surface area contributed by atoms with Gasteiger partial charge in [-0.15, -0.1) is 0 Å². The molecule has 0 bridgehead atoms. The number of nitrogens with zero attached hydrogens (tertiary/aromatic N) is 4. The summed E-state index contributed by atoms with van der Waals surface area (Å²) in [7, 11) is 0. The zero-order valence-corrected chi connectivity index (χ0v) is 14.7. The number of anilines is 1. The number of nitrogens with one attached hydrogen (secondary N) is 1. The molecule has 4 heterocycles. The summed E-state index contributed by atoms with van der Waals surface area (Å²) in [5, 5.41) is 2.90. The van der Waals surface area contributed by atoms with Gasteiger partial charge in [0.25, 0.3) is 0 Å². The molecule has 1 N–H and O–H groups in total. The largest absolute Gasteiger partial charge is 0.352 e. The molecule has 0 saturated carbocycles. The Balaban J connectivity index is 1.48. The van der Waals surface area contributed by atoms with E-state index in [4.69, 9.17) is 11.6 Å². The third kappa shape index (κ3) is 2.52. The van der Waals surface area contributed by atoms with Gasteiger partial charge in [0.05, 0.1) is 5.52 Å². The van der Waals surface area contributed by atoms with E-state index >= 15 is 0 Å². The van der Waals surface area contributed by atoms with Gasteiger partial charge in [0, 0.05) is 46.8 Å². The van der Waals surface area contributed by atoms with Crippen LogP contribution in [-0.2, 0) is 0 Å². The fourth-order valence-corrected chi connectivity index (χ4v) is 3.76. The molecule has 3 aromatic heterocycles. The molecule has 5 rings (SSSR count). The third-order valence-electron chi connectivity index (χ3n) is 4.88. The van der Waals surface area contributed by atoms with E-state index in [0.717, 1.165) is 41.9 Å². The van der Waals surface area contributed by atoms with Gasteiger partial charge in [-0.25, -0.2) is 15.0 Å². The molecular formula is C20H16ClN5. The first-order valence-corrected chi connectivity index (χ1v) is 8.94. The minimum absolute atomic E-state index is 0.691. The first-order chi connectivity index (χ1) is 12.8. The van der Waals surface area contributed by atoms with Gasteiger partial charge in [0.2, 0.25) is 0 Å². The van der Waals surface area contributed by atoms with Crippen LogP contribution in [0.15, 0.2) is 55.1 Å². The normalized spacial score (nSPS) is 14.8. The molecular weight excluding hydrogens is 346 g/mol. The van der Waals surface area contributed by atoms with Gasteiger partial charge in [-0.05, 0) is 42.3 Å². The maximum Gasteiger partial charge on any atom is 0.140 e. The van der Waals surface area contributed by atoms with Crippen molar-refractivity contribution in [1.82, 2.24) is 19.9 Å². The van der Waals surface area contributed by atoms with Crippen molar-refractivity contribution in [3.63, 3.8) is 0 Å². The van der Waals surface area contributed by atoms with Crippen molar-refractivity contribution in [2.24, 2.45) is 0 Å². The molecule has 0 atom stereocenters. The molecule has 6 heteroatoms. The summed E-state index contributed by atoms with van der Waals surface area (Å²) in [6.07, 6.45) is 8.72. The second-order valence-electron chi connectivity index (χ2n) is 6.39. The van der Waals surface area contributed by atoms with Crippen LogP contribution in [0.4, 0.5) is 5.82 Å². The Hall–Kier alpha value is -2.92. The predicted octanol–water partition coefficient (Wildman–Crippen LogP) is 4.45. The fraction of sp³-hybridized carbons (Fsp3) is 0.150. The molecule has 0 amide bonds. The number of hydrogen-bond donors (Lipinski definition) is 1. The second-order valence-corrected chi connectivity index (χ2v) is 6.82. The molecule has 0 spiro atoms. The standard InChI is InChI=1S/C20H16ClN5/c21-14-3-4-16-18(10-14)24-12-25-20(16)26-8-5-13(6-9-26)17-11-23-19-15(17)2-1-7-22-19/h1-5,7,10-12H,6,8-9H2,(H,22,23). The molecule has 26 heavy (non-hydrogen) atoms. The first kappa shape index (κ1) is 15.3. The van der Waals surface area contributed by atoms with E-state index < -0.39 is 0 Å². The Morgan fingerprint density at radius 3 is 2.92 bits per heavy atom. The summed E-state index contributed by atoms with van der Waals surface area (Å²) in [6, 6.07) is 9.86. The van der Waals surface area contributed by atoms with Gasteiger partial charge in [-0.1, -0.05) is 17.7 Å². The van der Waals surface area contributed by atoms with E-state index in [0.29, 0.717) is 5.02 Å². The minimum Gasteiger partial charge on any atom is -0.352 e. The number of hydrogen-bond acceptors (Lipinski definition) is 4. The zero-order valence-electron chi connectivity index (χ0n) is 14.0. The van der Waals surface area contributed by atoms with Crippen molar-refractivity contribution in [2.45, 2.75) is 6.42 Å². The lowest BCUT2D eigenvalue weighted by molar-refractivity contribution is 0.819. The topological polar surface area (TPSA) is 57.7 Å². The highest BCUT2D eigenvalue weighted by Crippen LogP contribution is 2.31. The summed E-state index contributed by atoms with van der Waals surface area (Å²) >= 11 is 6.09. The Kier molecular flexibility index (Phi) is 3.60. The van der Waals surface area contributed by atoms with E-state index in [1.54, 1.807) is 6.33 Å². The quantitative estimate of drug-likeness (QED) is 0.573. The number of H-pyrrole nitrogens is 1. The third-order valence-corrected chi connectivity index (χ3v) is 5.12. The van der Waals surface area contributed by atoms with Crippen LogP contribution >= 0.6 is 11.6 Å². The number of halogens is 1. The van der Waals surface area contributed by atoms with Crippen LogP contribution in [0.3, 0.4) is 0 Å². The van der Waals surface area contributed by atoms with Crippen molar-refractivity contribution >= 4 is 44.9 Å². The van der Waals surface area contributed by atoms with Crippen LogP contribution < -0.4 is 4.90 Å². The van der Waals surface area contributed by atoms with E-state index in [-0.39, 0.29) is 0 Å². The van der Waals surface area contributed by atoms with Crippen LogP contribution in [0.1, 0.15) is 12.0 Å². The molecule has 0 radical (unpaired) electrons. The SMILES string of the molecule is Clc1ccc2c(N3CC=C(c4c[nH]c5ncccc45)CC3)ncnc2c1.